The molecule has 0 aliphatic carbocycles. The summed E-state index contributed by atoms with van der Waals surface area (Å²) in [7, 11) is 5.01. The van der Waals surface area contributed by atoms with Gasteiger partial charge in [-0.3, -0.25) is 4.79 Å². The van der Waals surface area contributed by atoms with Crippen molar-refractivity contribution in [2.75, 3.05) is 27.9 Å². The van der Waals surface area contributed by atoms with Gasteiger partial charge in [-0.15, -0.1) is 0 Å². The first kappa shape index (κ1) is 23.6. The predicted octanol–water partition coefficient (Wildman–Crippen LogP) is 5.62. The second-order valence-corrected chi connectivity index (χ2v) is 9.79. The van der Waals surface area contributed by atoms with Gasteiger partial charge in [0.05, 0.1) is 19.8 Å². The maximum atomic E-state index is 14.1. The Labute approximate surface area is 210 Å². The Morgan fingerprint density at radius 1 is 1.09 bits per heavy atom. The lowest BCUT2D eigenvalue weighted by atomic mass is 10.00. The zero-order valence-electron chi connectivity index (χ0n) is 20.5. The van der Waals surface area contributed by atoms with Gasteiger partial charge in [0.2, 0.25) is 0 Å². The number of benzene rings is 2. The van der Waals surface area contributed by atoms with Gasteiger partial charge >= 0.3 is 0 Å². The van der Waals surface area contributed by atoms with Crippen LogP contribution in [0, 0.1) is 0 Å². The highest BCUT2D eigenvalue weighted by Crippen LogP contribution is 2.47. The highest BCUT2D eigenvalue weighted by Gasteiger charge is 2.35. The van der Waals surface area contributed by atoms with Crippen molar-refractivity contribution in [3.8, 4) is 11.5 Å². The summed E-state index contributed by atoms with van der Waals surface area (Å²) in [5.41, 5.74) is 5.21. The second-order valence-electron chi connectivity index (χ2n) is 8.62. The number of hydrogen-bond acceptors (Lipinski definition) is 5. The van der Waals surface area contributed by atoms with Crippen molar-refractivity contribution in [3.05, 3.63) is 82.0 Å². The number of allylic oxidation sites excluding steroid dienone is 2. The van der Waals surface area contributed by atoms with Crippen molar-refractivity contribution < 1.29 is 19.0 Å². The van der Waals surface area contributed by atoms with E-state index in [2.05, 4.69) is 23.6 Å². The molecule has 0 spiro atoms. The molecule has 6 nitrogen and oxygen atoms in total. The van der Waals surface area contributed by atoms with Gasteiger partial charge in [0.15, 0.2) is 11.5 Å². The van der Waals surface area contributed by atoms with E-state index in [1.165, 1.54) is 5.57 Å². The number of aryl methyl sites for hydroxylation is 1. The molecule has 5 rings (SSSR count). The van der Waals surface area contributed by atoms with Crippen LogP contribution < -0.4 is 9.47 Å². The van der Waals surface area contributed by atoms with E-state index in [9.17, 15) is 4.79 Å². The van der Waals surface area contributed by atoms with Crippen molar-refractivity contribution in [2.24, 2.45) is 0 Å². The minimum absolute atomic E-state index is 0.0214. The largest absolute Gasteiger partial charge is 0.493 e. The van der Waals surface area contributed by atoms with Crippen LogP contribution in [0.1, 0.15) is 29.3 Å². The Hall–Kier alpha value is -3.16. The maximum absolute atomic E-state index is 14.1. The quantitative estimate of drug-likeness (QED) is 0.430. The topological polar surface area (TPSA) is 52.9 Å². The Morgan fingerprint density at radius 3 is 2.63 bits per heavy atom. The number of carbonyl (C=O) groups is 1. The molecule has 3 heterocycles. The first-order valence-electron chi connectivity index (χ1n) is 11.8. The molecule has 0 radical (unpaired) electrons. The third-order valence-electron chi connectivity index (χ3n) is 6.72. The standard InChI is InChI=1S/C28H30N2O4S/c1-5-29-17-21(20-8-6-7-9-22(20)29)28(31)30-13-12-19-16-26(34-4)35-27(19)23(30)14-18-10-11-24(32-2)25(15-18)33-3/h6-12,15,17,26H,5,13-14,16H2,1-4H3. The number of methoxy groups -OCH3 is 3. The maximum Gasteiger partial charge on any atom is 0.260 e. The summed E-state index contributed by atoms with van der Waals surface area (Å²) in [5, 5.41) is 0.985. The van der Waals surface area contributed by atoms with Gasteiger partial charge < -0.3 is 23.7 Å². The Kier molecular flexibility index (Phi) is 6.62. The van der Waals surface area contributed by atoms with Gasteiger partial charge in [-0.1, -0.05) is 42.1 Å². The minimum atomic E-state index is 0.0214. The van der Waals surface area contributed by atoms with Crippen molar-refractivity contribution in [2.45, 2.75) is 31.7 Å². The van der Waals surface area contributed by atoms with Crippen molar-refractivity contribution >= 4 is 28.6 Å². The van der Waals surface area contributed by atoms with E-state index in [0.717, 1.165) is 45.6 Å². The lowest BCUT2D eigenvalue weighted by Crippen LogP contribution is -2.34. The number of nitrogens with zero attached hydrogens (tertiary/aromatic N) is 2. The average molecular weight is 491 g/mol. The molecule has 182 valence electrons. The van der Waals surface area contributed by atoms with Crippen LogP contribution in [0.15, 0.2) is 70.9 Å². The molecule has 1 unspecified atom stereocenters. The van der Waals surface area contributed by atoms with E-state index in [1.807, 2.05) is 47.5 Å². The lowest BCUT2D eigenvalue weighted by molar-refractivity contribution is 0.0816. The van der Waals surface area contributed by atoms with E-state index in [4.69, 9.17) is 14.2 Å². The zero-order valence-corrected chi connectivity index (χ0v) is 21.4. The molecule has 1 atom stereocenters. The molecule has 2 aliphatic rings. The Bertz CT molecular complexity index is 1340. The fraction of sp³-hybridized carbons (Fsp3) is 0.321. The second kappa shape index (κ2) is 9.84. The SMILES string of the molecule is CCn1cc(C(=O)N2CC=C3CC(OC)SC3=C2Cc2ccc(OC)c(OC)c2)c2ccccc21. The van der Waals surface area contributed by atoms with Crippen LogP contribution in [0.25, 0.3) is 10.9 Å². The third kappa shape index (κ3) is 4.23. The van der Waals surface area contributed by atoms with Gasteiger partial charge in [0.25, 0.3) is 5.91 Å². The van der Waals surface area contributed by atoms with Gasteiger partial charge in [0, 0.05) is 60.7 Å². The van der Waals surface area contributed by atoms with Crippen LogP contribution in [-0.2, 0) is 17.7 Å². The molecule has 7 heteroatoms. The Morgan fingerprint density at radius 2 is 1.89 bits per heavy atom. The number of para-hydroxylation sites is 1. The average Bonchev–Trinajstić information content (AvgIpc) is 3.50. The monoisotopic (exact) mass is 490 g/mol. The van der Waals surface area contributed by atoms with E-state index >= 15 is 0 Å². The van der Waals surface area contributed by atoms with Crippen LogP contribution in [0.2, 0.25) is 0 Å². The molecule has 0 bridgehead atoms. The first-order chi connectivity index (χ1) is 17.1. The molecular formula is C28H30N2O4S. The number of aromatic nitrogens is 1. The molecule has 1 fully saturated rings. The molecule has 0 saturated carbocycles. The van der Waals surface area contributed by atoms with E-state index in [1.54, 1.807) is 33.1 Å². The molecule has 1 aromatic heterocycles. The third-order valence-corrected chi connectivity index (χ3v) is 8.08. The normalized spacial score (nSPS) is 17.5. The molecule has 3 aromatic rings. The highest BCUT2D eigenvalue weighted by atomic mass is 32.2. The summed E-state index contributed by atoms with van der Waals surface area (Å²) in [5.74, 6) is 1.39. The van der Waals surface area contributed by atoms with Crippen LogP contribution in [0.5, 0.6) is 11.5 Å². The summed E-state index contributed by atoms with van der Waals surface area (Å²) in [6, 6.07) is 14.1. The number of rotatable bonds is 7. The van der Waals surface area contributed by atoms with Crippen LogP contribution >= 0.6 is 11.8 Å². The Balaban J connectivity index is 1.57. The van der Waals surface area contributed by atoms with Gasteiger partial charge in [0.1, 0.15) is 5.44 Å². The van der Waals surface area contributed by atoms with Gasteiger partial charge in [-0.2, -0.15) is 0 Å². The van der Waals surface area contributed by atoms with Gasteiger partial charge in [-0.05, 0) is 36.3 Å². The number of ether oxygens (including phenoxy) is 3. The summed E-state index contributed by atoms with van der Waals surface area (Å²) in [4.78, 5) is 17.1. The molecule has 2 aliphatic heterocycles. The number of fused-ring (bicyclic) bond motifs is 2. The first-order valence-corrected chi connectivity index (χ1v) is 12.7. The number of amides is 1. The zero-order chi connectivity index (χ0) is 24.5. The van der Waals surface area contributed by atoms with E-state index in [0.29, 0.717) is 24.5 Å². The minimum Gasteiger partial charge on any atom is -0.493 e. The van der Waals surface area contributed by atoms with Gasteiger partial charge in [-0.25, -0.2) is 0 Å². The fourth-order valence-electron chi connectivity index (χ4n) is 4.91. The van der Waals surface area contributed by atoms with E-state index < -0.39 is 0 Å². The number of hydrogen-bond donors (Lipinski definition) is 0. The lowest BCUT2D eigenvalue weighted by Gasteiger charge is -2.30. The van der Waals surface area contributed by atoms with Crippen molar-refractivity contribution in [3.63, 3.8) is 0 Å². The van der Waals surface area contributed by atoms with Crippen LogP contribution in [0.4, 0.5) is 0 Å². The number of carbonyl (C=O) groups excluding carboxylic acids is 1. The van der Waals surface area contributed by atoms with Crippen LogP contribution in [-0.4, -0.2) is 48.7 Å². The molecule has 2 aromatic carbocycles. The summed E-state index contributed by atoms with van der Waals surface area (Å²) < 4.78 is 18.8. The predicted molar refractivity (Wildman–Crippen MR) is 140 cm³/mol. The van der Waals surface area contributed by atoms with Crippen molar-refractivity contribution in [1.29, 1.82) is 0 Å². The molecule has 0 N–H and O–H groups in total. The summed E-state index contributed by atoms with van der Waals surface area (Å²) in [6.45, 7) is 3.45. The summed E-state index contributed by atoms with van der Waals surface area (Å²) >= 11 is 1.70. The molecule has 1 amide bonds. The molecule has 35 heavy (non-hydrogen) atoms. The molecular weight excluding hydrogens is 460 g/mol. The van der Waals surface area contributed by atoms with Crippen molar-refractivity contribution in [1.82, 2.24) is 9.47 Å². The smallest absolute Gasteiger partial charge is 0.260 e. The van der Waals surface area contributed by atoms with Crippen LogP contribution in [0.3, 0.4) is 0 Å². The molecule has 1 saturated heterocycles. The fourth-order valence-corrected chi connectivity index (χ4v) is 6.16. The highest BCUT2D eigenvalue weighted by molar-refractivity contribution is 8.04. The summed E-state index contributed by atoms with van der Waals surface area (Å²) in [6.07, 6.45) is 5.62. The number of thioether (sulfide) groups is 1. The van der Waals surface area contributed by atoms with E-state index in [-0.39, 0.29) is 11.3 Å².